The predicted molar refractivity (Wildman–Crippen MR) is 94.0 cm³/mol. The van der Waals surface area contributed by atoms with Crippen LogP contribution >= 0.6 is 0 Å². The number of hydrogen-bond acceptors (Lipinski definition) is 5. The van der Waals surface area contributed by atoms with Gasteiger partial charge in [-0.3, -0.25) is 9.69 Å². The van der Waals surface area contributed by atoms with Crippen LogP contribution in [-0.2, 0) is 4.74 Å². The van der Waals surface area contributed by atoms with Crippen molar-refractivity contribution in [1.82, 2.24) is 10.2 Å². The van der Waals surface area contributed by atoms with Gasteiger partial charge in [-0.15, -0.1) is 0 Å². The summed E-state index contributed by atoms with van der Waals surface area (Å²) in [6, 6.07) is 9.52. The quantitative estimate of drug-likeness (QED) is 0.800. The summed E-state index contributed by atoms with van der Waals surface area (Å²) in [4.78, 5) is 14.7. The molecule has 6 nitrogen and oxygen atoms in total. The molecule has 1 fully saturated rings. The van der Waals surface area contributed by atoms with Crippen LogP contribution in [0.4, 0.5) is 8.78 Å². The van der Waals surface area contributed by atoms with Crippen LogP contribution in [0.2, 0.25) is 0 Å². The molecule has 0 aliphatic carbocycles. The molecule has 1 amide bonds. The molecule has 1 aliphatic heterocycles. The minimum Gasteiger partial charge on any atom is -0.465 e. The van der Waals surface area contributed by atoms with E-state index < -0.39 is 12.5 Å². The Morgan fingerprint density at radius 2 is 1.96 bits per heavy atom. The van der Waals surface area contributed by atoms with Crippen LogP contribution in [-0.4, -0.2) is 50.3 Å². The number of amides is 1. The summed E-state index contributed by atoms with van der Waals surface area (Å²) in [6.07, 6.45) is 0. The average Bonchev–Trinajstić information content (AvgIpc) is 3.08. The lowest BCUT2D eigenvalue weighted by molar-refractivity contribution is -0.0501. The van der Waals surface area contributed by atoms with Gasteiger partial charge in [-0.05, 0) is 31.2 Å². The number of ether oxygens (including phenoxy) is 2. The molecule has 8 heteroatoms. The van der Waals surface area contributed by atoms with E-state index in [1.165, 1.54) is 18.2 Å². The van der Waals surface area contributed by atoms with Gasteiger partial charge in [0.25, 0.3) is 5.91 Å². The highest BCUT2D eigenvalue weighted by Gasteiger charge is 2.26. The number of halogens is 2. The van der Waals surface area contributed by atoms with Crippen LogP contribution < -0.4 is 10.1 Å². The second kappa shape index (κ2) is 8.96. The van der Waals surface area contributed by atoms with Gasteiger partial charge in [-0.2, -0.15) is 8.78 Å². The topological polar surface area (TPSA) is 63.9 Å². The second-order valence-corrected chi connectivity index (χ2v) is 6.20. The fourth-order valence-electron chi connectivity index (χ4n) is 3.07. The van der Waals surface area contributed by atoms with E-state index in [-0.39, 0.29) is 23.9 Å². The highest BCUT2D eigenvalue weighted by Crippen LogP contribution is 2.24. The highest BCUT2D eigenvalue weighted by atomic mass is 19.3. The smallest absolute Gasteiger partial charge is 0.387 e. The number of benzene rings is 1. The van der Waals surface area contributed by atoms with Crippen molar-refractivity contribution in [2.75, 3.05) is 32.8 Å². The Morgan fingerprint density at radius 3 is 2.63 bits per heavy atom. The standard InChI is InChI=1S/C19H22F2N2O4/c1-13-6-7-17(26-13)15(23-8-10-25-11-9-23)12-22-18(24)14-4-2-3-5-16(14)27-19(20)21/h2-7,15,19H,8-12H2,1H3,(H,22,24). The zero-order valence-electron chi connectivity index (χ0n) is 15.0. The molecule has 146 valence electrons. The number of rotatable bonds is 7. The number of para-hydroxylation sites is 1. The first-order valence-electron chi connectivity index (χ1n) is 8.75. The van der Waals surface area contributed by atoms with Crippen LogP contribution in [0.5, 0.6) is 5.75 Å². The maximum Gasteiger partial charge on any atom is 0.387 e. The number of carbonyl (C=O) groups is 1. The molecule has 0 saturated carbocycles. The van der Waals surface area contributed by atoms with Crippen molar-refractivity contribution in [2.45, 2.75) is 19.6 Å². The van der Waals surface area contributed by atoms with Crippen LogP contribution in [0.25, 0.3) is 0 Å². The number of furan rings is 1. The Bertz CT molecular complexity index is 760. The van der Waals surface area contributed by atoms with Crippen LogP contribution in [0, 0.1) is 6.92 Å². The Kier molecular flexibility index (Phi) is 6.41. The van der Waals surface area contributed by atoms with Crippen molar-refractivity contribution in [3.63, 3.8) is 0 Å². The van der Waals surface area contributed by atoms with E-state index in [1.54, 1.807) is 6.07 Å². The summed E-state index contributed by atoms with van der Waals surface area (Å²) < 4.78 is 40.7. The van der Waals surface area contributed by atoms with Crippen molar-refractivity contribution in [2.24, 2.45) is 0 Å². The van der Waals surface area contributed by atoms with Gasteiger partial charge in [0.2, 0.25) is 0 Å². The van der Waals surface area contributed by atoms with Gasteiger partial charge in [0.15, 0.2) is 0 Å². The largest absolute Gasteiger partial charge is 0.465 e. The van der Waals surface area contributed by atoms with Crippen LogP contribution in [0.1, 0.15) is 27.9 Å². The van der Waals surface area contributed by atoms with Crippen molar-refractivity contribution < 1.29 is 27.5 Å². The maximum absolute atomic E-state index is 12.6. The second-order valence-electron chi connectivity index (χ2n) is 6.20. The maximum atomic E-state index is 12.6. The Balaban J connectivity index is 1.72. The first kappa shape index (κ1) is 19.3. The lowest BCUT2D eigenvalue weighted by atomic mass is 10.1. The van der Waals surface area contributed by atoms with Crippen molar-refractivity contribution in [3.8, 4) is 5.75 Å². The molecule has 3 rings (SSSR count). The van der Waals surface area contributed by atoms with E-state index in [0.717, 1.165) is 11.5 Å². The molecule has 1 N–H and O–H groups in total. The Hall–Kier alpha value is -2.45. The van der Waals surface area contributed by atoms with Crippen LogP contribution in [0.3, 0.4) is 0 Å². The predicted octanol–water partition coefficient (Wildman–Crippen LogP) is 2.99. The van der Waals surface area contributed by atoms with Crippen molar-refractivity contribution in [1.29, 1.82) is 0 Å². The number of carbonyl (C=O) groups excluding carboxylic acids is 1. The summed E-state index contributed by atoms with van der Waals surface area (Å²) in [5, 5.41) is 2.81. The number of nitrogens with one attached hydrogen (secondary N) is 1. The fraction of sp³-hybridized carbons (Fsp3) is 0.421. The van der Waals surface area contributed by atoms with E-state index in [1.807, 2.05) is 19.1 Å². The number of hydrogen-bond donors (Lipinski definition) is 1. The van der Waals surface area contributed by atoms with E-state index in [9.17, 15) is 13.6 Å². The zero-order chi connectivity index (χ0) is 19.2. The molecule has 1 atom stereocenters. The number of alkyl halides is 2. The molecule has 1 unspecified atom stereocenters. The van der Waals surface area contributed by atoms with E-state index in [4.69, 9.17) is 9.15 Å². The molecule has 2 heterocycles. The van der Waals surface area contributed by atoms with Gasteiger partial charge in [-0.1, -0.05) is 12.1 Å². The lowest BCUT2D eigenvalue weighted by Crippen LogP contribution is -2.43. The van der Waals surface area contributed by atoms with E-state index in [0.29, 0.717) is 26.3 Å². The third-order valence-electron chi connectivity index (χ3n) is 4.38. The first-order valence-corrected chi connectivity index (χ1v) is 8.75. The van der Waals surface area contributed by atoms with Crippen molar-refractivity contribution >= 4 is 5.91 Å². The summed E-state index contributed by atoms with van der Waals surface area (Å²) in [7, 11) is 0. The highest BCUT2D eigenvalue weighted by molar-refractivity contribution is 5.96. The normalized spacial score (nSPS) is 16.3. The summed E-state index contributed by atoms with van der Waals surface area (Å²) in [5.41, 5.74) is 0.0640. The molecular formula is C19H22F2N2O4. The Morgan fingerprint density at radius 1 is 1.22 bits per heavy atom. The van der Waals surface area contributed by atoms with E-state index >= 15 is 0 Å². The zero-order valence-corrected chi connectivity index (χ0v) is 15.0. The van der Waals surface area contributed by atoms with Gasteiger partial charge >= 0.3 is 6.61 Å². The molecule has 1 aliphatic rings. The number of nitrogens with zero attached hydrogens (tertiary/aromatic N) is 1. The van der Waals surface area contributed by atoms with E-state index in [2.05, 4.69) is 15.0 Å². The molecule has 0 radical (unpaired) electrons. The van der Waals surface area contributed by atoms with Gasteiger partial charge in [0.05, 0.1) is 24.8 Å². The molecule has 0 spiro atoms. The third kappa shape index (κ3) is 5.05. The summed E-state index contributed by atoms with van der Waals surface area (Å²) in [6.45, 7) is 1.78. The molecule has 1 aromatic carbocycles. The van der Waals surface area contributed by atoms with Crippen LogP contribution in [0.15, 0.2) is 40.8 Å². The molecule has 2 aromatic rings. The first-order chi connectivity index (χ1) is 13.0. The van der Waals surface area contributed by atoms with Gasteiger partial charge in [0.1, 0.15) is 17.3 Å². The molecular weight excluding hydrogens is 358 g/mol. The van der Waals surface area contributed by atoms with Gasteiger partial charge in [-0.25, -0.2) is 0 Å². The minimum absolute atomic E-state index is 0.0640. The molecule has 0 bridgehead atoms. The van der Waals surface area contributed by atoms with Gasteiger partial charge < -0.3 is 19.2 Å². The number of morpholine rings is 1. The number of aryl methyl sites for hydroxylation is 1. The fourth-order valence-corrected chi connectivity index (χ4v) is 3.07. The molecule has 1 aromatic heterocycles. The minimum atomic E-state index is -2.99. The Labute approximate surface area is 156 Å². The average molecular weight is 380 g/mol. The van der Waals surface area contributed by atoms with Gasteiger partial charge in [0, 0.05) is 19.6 Å². The lowest BCUT2D eigenvalue weighted by Gasteiger charge is -2.33. The summed E-state index contributed by atoms with van der Waals surface area (Å²) in [5.74, 6) is 0.895. The molecule has 1 saturated heterocycles. The third-order valence-corrected chi connectivity index (χ3v) is 4.38. The monoisotopic (exact) mass is 380 g/mol. The van der Waals surface area contributed by atoms with Crippen molar-refractivity contribution in [3.05, 3.63) is 53.5 Å². The molecule has 27 heavy (non-hydrogen) atoms. The summed E-state index contributed by atoms with van der Waals surface area (Å²) >= 11 is 0. The SMILES string of the molecule is Cc1ccc(C(CNC(=O)c2ccccc2OC(F)F)N2CCOCC2)o1.